The molecular weight excluding hydrogens is 450 g/mol. The summed E-state index contributed by atoms with van der Waals surface area (Å²) in [5.74, 6) is 0. The number of rotatable bonds is 9. The van der Waals surface area contributed by atoms with Gasteiger partial charge in [0.15, 0.2) is 0 Å². The van der Waals surface area contributed by atoms with Gasteiger partial charge in [0, 0.05) is 18.8 Å². The Kier molecular flexibility index (Phi) is 7.73. The first kappa shape index (κ1) is 24.1. The van der Waals surface area contributed by atoms with E-state index in [1.807, 2.05) is 47.6 Å². The average Bonchev–Trinajstić information content (AvgIpc) is 2.96. The molecule has 0 unspecified atom stereocenters. The summed E-state index contributed by atoms with van der Waals surface area (Å²) in [6.07, 6.45) is 1.97. The number of para-hydroxylation sites is 2. The SMILES string of the molecule is Cc1c(C=NN(c2ccccc2)c2ccccc2)cccc1N(Cc1ccccc1)Cc1ccccc1. The molecule has 0 heterocycles. The molecule has 3 heteroatoms. The highest BCUT2D eigenvalue weighted by atomic mass is 15.5. The summed E-state index contributed by atoms with van der Waals surface area (Å²) in [6.45, 7) is 3.85. The highest BCUT2D eigenvalue weighted by Crippen LogP contribution is 2.28. The molecule has 0 atom stereocenters. The molecule has 0 aliphatic carbocycles. The predicted molar refractivity (Wildman–Crippen MR) is 157 cm³/mol. The van der Waals surface area contributed by atoms with Crippen LogP contribution in [0.3, 0.4) is 0 Å². The third kappa shape index (κ3) is 6.14. The van der Waals surface area contributed by atoms with Gasteiger partial charge in [-0.05, 0) is 59.5 Å². The molecule has 5 aromatic rings. The van der Waals surface area contributed by atoms with Gasteiger partial charge in [-0.2, -0.15) is 5.10 Å². The fraction of sp³-hybridized carbons (Fsp3) is 0.0882. The van der Waals surface area contributed by atoms with Gasteiger partial charge in [-0.1, -0.05) is 109 Å². The van der Waals surface area contributed by atoms with E-state index < -0.39 is 0 Å². The Morgan fingerprint density at radius 1 is 0.541 bits per heavy atom. The van der Waals surface area contributed by atoms with Crippen molar-refractivity contribution in [3.05, 3.63) is 162 Å². The van der Waals surface area contributed by atoms with Crippen LogP contribution in [0.4, 0.5) is 17.1 Å². The third-order valence-corrected chi connectivity index (χ3v) is 6.43. The maximum Gasteiger partial charge on any atom is 0.0652 e. The minimum absolute atomic E-state index is 0.831. The van der Waals surface area contributed by atoms with E-state index in [1.165, 1.54) is 22.4 Å². The number of hydrogen-bond acceptors (Lipinski definition) is 3. The molecule has 5 rings (SSSR count). The molecule has 0 aliphatic rings. The molecule has 0 N–H and O–H groups in total. The first-order chi connectivity index (χ1) is 18.3. The molecule has 0 radical (unpaired) electrons. The molecule has 0 spiro atoms. The van der Waals surface area contributed by atoms with Gasteiger partial charge in [0.1, 0.15) is 0 Å². The van der Waals surface area contributed by atoms with Gasteiger partial charge in [0.05, 0.1) is 17.6 Å². The van der Waals surface area contributed by atoms with E-state index in [4.69, 9.17) is 5.10 Å². The summed E-state index contributed by atoms with van der Waals surface area (Å²) in [4.78, 5) is 2.45. The quantitative estimate of drug-likeness (QED) is 0.156. The van der Waals surface area contributed by atoms with E-state index >= 15 is 0 Å². The minimum atomic E-state index is 0.831. The Hall–Kier alpha value is -4.63. The van der Waals surface area contributed by atoms with E-state index in [0.717, 1.165) is 30.0 Å². The second kappa shape index (κ2) is 11.9. The van der Waals surface area contributed by atoms with Gasteiger partial charge in [-0.3, -0.25) is 0 Å². The molecule has 0 bridgehead atoms. The van der Waals surface area contributed by atoms with Gasteiger partial charge < -0.3 is 4.90 Å². The van der Waals surface area contributed by atoms with E-state index in [0.29, 0.717) is 0 Å². The number of nitrogens with zero attached hydrogens (tertiary/aromatic N) is 3. The Morgan fingerprint density at radius 2 is 1.00 bits per heavy atom. The van der Waals surface area contributed by atoms with Crippen LogP contribution in [0.25, 0.3) is 0 Å². The minimum Gasteiger partial charge on any atom is -0.363 e. The zero-order valence-corrected chi connectivity index (χ0v) is 21.1. The first-order valence-corrected chi connectivity index (χ1v) is 12.6. The molecule has 0 aromatic heterocycles. The zero-order chi connectivity index (χ0) is 25.3. The number of hydrogen-bond donors (Lipinski definition) is 0. The smallest absolute Gasteiger partial charge is 0.0652 e. The van der Waals surface area contributed by atoms with Crippen LogP contribution in [-0.2, 0) is 13.1 Å². The Labute approximate surface area is 220 Å². The number of benzene rings is 5. The highest BCUT2D eigenvalue weighted by molar-refractivity contribution is 5.86. The molecular formula is C34H31N3. The van der Waals surface area contributed by atoms with Crippen LogP contribution in [0.5, 0.6) is 0 Å². The standard InChI is InChI=1S/C34H31N3/c1-28-31(25-35-37(32-20-10-4-11-21-32)33-22-12-5-13-23-33)19-14-24-34(28)36(26-29-15-6-2-7-16-29)27-30-17-8-3-9-18-30/h2-25H,26-27H2,1H3. The first-order valence-electron chi connectivity index (χ1n) is 12.6. The van der Waals surface area contributed by atoms with Crippen LogP contribution in [0.15, 0.2) is 145 Å². The molecule has 0 amide bonds. The van der Waals surface area contributed by atoms with E-state index in [2.05, 4.69) is 115 Å². The van der Waals surface area contributed by atoms with Crippen molar-refractivity contribution in [3.8, 4) is 0 Å². The lowest BCUT2D eigenvalue weighted by Gasteiger charge is -2.28. The van der Waals surface area contributed by atoms with Gasteiger partial charge in [0.2, 0.25) is 0 Å². The predicted octanol–water partition coefficient (Wildman–Crippen LogP) is 8.37. The van der Waals surface area contributed by atoms with Crippen molar-refractivity contribution in [3.63, 3.8) is 0 Å². The zero-order valence-electron chi connectivity index (χ0n) is 21.1. The van der Waals surface area contributed by atoms with Gasteiger partial charge in [0.25, 0.3) is 0 Å². The highest BCUT2D eigenvalue weighted by Gasteiger charge is 2.14. The van der Waals surface area contributed by atoms with Gasteiger partial charge >= 0.3 is 0 Å². The van der Waals surface area contributed by atoms with E-state index in [1.54, 1.807) is 0 Å². The maximum absolute atomic E-state index is 4.95. The number of hydrazone groups is 1. The van der Waals surface area contributed by atoms with Crippen molar-refractivity contribution in [2.45, 2.75) is 20.0 Å². The monoisotopic (exact) mass is 481 g/mol. The molecule has 0 saturated carbocycles. The van der Waals surface area contributed by atoms with Crippen LogP contribution < -0.4 is 9.91 Å². The molecule has 182 valence electrons. The van der Waals surface area contributed by atoms with Gasteiger partial charge in [-0.15, -0.1) is 0 Å². The van der Waals surface area contributed by atoms with Crippen LogP contribution in [0, 0.1) is 6.92 Å². The summed E-state index contributed by atoms with van der Waals surface area (Å²) in [6, 6.07) is 48.3. The second-order valence-electron chi connectivity index (χ2n) is 9.05. The van der Waals surface area contributed by atoms with Crippen molar-refractivity contribution in [2.75, 3.05) is 9.91 Å². The fourth-order valence-corrected chi connectivity index (χ4v) is 4.50. The molecule has 5 aromatic carbocycles. The lowest BCUT2D eigenvalue weighted by molar-refractivity contribution is 0.796. The largest absolute Gasteiger partial charge is 0.363 e. The third-order valence-electron chi connectivity index (χ3n) is 6.43. The molecule has 0 fully saturated rings. The van der Waals surface area contributed by atoms with E-state index in [9.17, 15) is 0 Å². The second-order valence-corrected chi connectivity index (χ2v) is 9.05. The number of anilines is 3. The van der Waals surface area contributed by atoms with Crippen molar-refractivity contribution in [1.29, 1.82) is 0 Å². The summed E-state index contributed by atoms with van der Waals surface area (Å²) >= 11 is 0. The van der Waals surface area contributed by atoms with Crippen LogP contribution in [0.2, 0.25) is 0 Å². The molecule has 0 aliphatic heterocycles. The summed E-state index contributed by atoms with van der Waals surface area (Å²) in [7, 11) is 0. The van der Waals surface area contributed by atoms with Crippen molar-refractivity contribution in [2.24, 2.45) is 5.10 Å². The maximum atomic E-state index is 4.95. The summed E-state index contributed by atoms with van der Waals surface area (Å²) in [5, 5.41) is 6.94. The Balaban J connectivity index is 1.49. The van der Waals surface area contributed by atoms with Crippen molar-refractivity contribution in [1.82, 2.24) is 0 Å². The molecule has 3 nitrogen and oxygen atoms in total. The normalized spacial score (nSPS) is 10.9. The van der Waals surface area contributed by atoms with Crippen LogP contribution in [-0.4, -0.2) is 6.21 Å². The van der Waals surface area contributed by atoms with E-state index in [-0.39, 0.29) is 0 Å². The topological polar surface area (TPSA) is 18.8 Å². The summed E-state index contributed by atoms with van der Waals surface area (Å²) < 4.78 is 0. The van der Waals surface area contributed by atoms with Gasteiger partial charge in [-0.25, -0.2) is 5.01 Å². The van der Waals surface area contributed by atoms with Crippen molar-refractivity contribution >= 4 is 23.3 Å². The van der Waals surface area contributed by atoms with Crippen LogP contribution in [0.1, 0.15) is 22.3 Å². The lowest BCUT2D eigenvalue weighted by atomic mass is 10.0. The van der Waals surface area contributed by atoms with Crippen LogP contribution >= 0.6 is 0 Å². The Morgan fingerprint density at radius 3 is 1.49 bits per heavy atom. The fourth-order valence-electron chi connectivity index (χ4n) is 4.50. The molecule has 37 heavy (non-hydrogen) atoms. The summed E-state index contributed by atoms with van der Waals surface area (Å²) in [5.41, 5.74) is 8.14. The Bertz CT molecular complexity index is 1330. The van der Waals surface area contributed by atoms with Crippen molar-refractivity contribution < 1.29 is 0 Å². The molecule has 0 saturated heterocycles. The lowest BCUT2D eigenvalue weighted by Crippen LogP contribution is -2.23. The average molecular weight is 482 g/mol.